The maximum absolute atomic E-state index is 13.5. The summed E-state index contributed by atoms with van der Waals surface area (Å²) in [6.07, 6.45) is 7.18. The highest BCUT2D eigenvalue weighted by Crippen LogP contribution is 2.37. The van der Waals surface area contributed by atoms with Gasteiger partial charge in [-0.2, -0.15) is 10.2 Å². The number of likely N-dealkylation sites (tertiary alicyclic amines) is 1. The average molecular weight is 482 g/mol. The summed E-state index contributed by atoms with van der Waals surface area (Å²) in [5.74, 6) is -0.257. The SMILES string of the molecule is CC(C)(C)OC(=O)N1CCC(c2nn(-c3ccc(F)cc3)cc2-c2ccnn2C2CCCCO2)C1. The van der Waals surface area contributed by atoms with Crippen LogP contribution in [0.2, 0.25) is 0 Å². The molecule has 9 heteroatoms. The van der Waals surface area contributed by atoms with E-state index in [1.54, 1.807) is 27.9 Å². The molecule has 2 unspecified atom stereocenters. The number of amides is 1. The van der Waals surface area contributed by atoms with Crippen LogP contribution in [0.5, 0.6) is 0 Å². The van der Waals surface area contributed by atoms with Crippen LogP contribution in [-0.4, -0.2) is 55.9 Å². The summed E-state index contributed by atoms with van der Waals surface area (Å²) in [5.41, 5.74) is 2.98. The summed E-state index contributed by atoms with van der Waals surface area (Å²) in [4.78, 5) is 14.4. The van der Waals surface area contributed by atoms with E-state index >= 15 is 0 Å². The maximum Gasteiger partial charge on any atom is 0.410 e. The number of carbonyl (C=O) groups is 1. The van der Waals surface area contributed by atoms with Gasteiger partial charge in [0.25, 0.3) is 0 Å². The summed E-state index contributed by atoms with van der Waals surface area (Å²) < 4.78 is 28.9. The molecule has 2 saturated heterocycles. The van der Waals surface area contributed by atoms with E-state index in [9.17, 15) is 9.18 Å². The fourth-order valence-electron chi connectivity index (χ4n) is 4.76. The zero-order valence-corrected chi connectivity index (χ0v) is 20.5. The summed E-state index contributed by atoms with van der Waals surface area (Å²) in [5, 5.41) is 9.52. The monoisotopic (exact) mass is 481 g/mol. The molecule has 0 N–H and O–H groups in total. The molecule has 5 rings (SSSR count). The molecular formula is C26H32FN5O3. The van der Waals surface area contributed by atoms with Gasteiger partial charge in [-0.1, -0.05) is 0 Å². The third kappa shape index (κ3) is 5.10. The van der Waals surface area contributed by atoms with Gasteiger partial charge in [-0.25, -0.2) is 18.5 Å². The highest BCUT2D eigenvalue weighted by Gasteiger charge is 2.34. The van der Waals surface area contributed by atoms with Crippen molar-refractivity contribution in [1.29, 1.82) is 0 Å². The van der Waals surface area contributed by atoms with Crippen LogP contribution in [0.3, 0.4) is 0 Å². The molecule has 0 aliphatic carbocycles. The van der Waals surface area contributed by atoms with Crippen molar-refractivity contribution in [3.63, 3.8) is 0 Å². The lowest BCUT2D eigenvalue weighted by molar-refractivity contribution is -0.0383. The molecule has 1 aromatic carbocycles. The van der Waals surface area contributed by atoms with Crippen molar-refractivity contribution >= 4 is 6.09 Å². The first-order valence-electron chi connectivity index (χ1n) is 12.3. The van der Waals surface area contributed by atoms with E-state index < -0.39 is 5.60 Å². The Bertz CT molecular complexity index is 1170. The lowest BCUT2D eigenvalue weighted by Crippen LogP contribution is -2.35. The smallest absolute Gasteiger partial charge is 0.410 e. The molecule has 186 valence electrons. The third-order valence-electron chi connectivity index (χ3n) is 6.44. The number of nitrogens with zero attached hydrogens (tertiary/aromatic N) is 5. The van der Waals surface area contributed by atoms with Crippen molar-refractivity contribution in [1.82, 2.24) is 24.5 Å². The normalized spacial score (nSPS) is 20.9. The Morgan fingerprint density at radius 3 is 2.66 bits per heavy atom. The van der Waals surface area contributed by atoms with Crippen LogP contribution >= 0.6 is 0 Å². The van der Waals surface area contributed by atoms with Gasteiger partial charge in [0.15, 0.2) is 6.23 Å². The molecule has 0 saturated carbocycles. The Kier molecular flexibility index (Phi) is 6.35. The number of benzene rings is 1. The van der Waals surface area contributed by atoms with E-state index in [0.717, 1.165) is 54.9 Å². The number of carbonyl (C=O) groups excluding carboxylic acids is 1. The topological polar surface area (TPSA) is 74.4 Å². The fourth-order valence-corrected chi connectivity index (χ4v) is 4.76. The van der Waals surface area contributed by atoms with E-state index in [0.29, 0.717) is 13.1 Å². The predicted molar refractivity (Wildman–Crippen MR) is 129 cm³/mol. The molecule has 2 aromatic heterocycles. The Hall–Kier alpha value is -3.20. The largest absolute Gasteiger partial charge is 0.444 e. The summed E-state index contributed by atoms with van der Waals surface area (Å²) in [7, 11) is 0. The highest BCUT2D eigenvalue weighted by atomic mass is 19.1. The Balaban J connectivity index is 1.49. The Labute approximate surface area is 204 Å². The van der Waals surface area contributed by atoms with Gasteiger partial charge in [0.2, 0.25) is 0 Å². The van der Waals surface area contributed by atoms with E-state index in [1.165, 1.54) is 12.1 Å². The van der Waals surface area contributed by atoms with Crippen molar-refractivity contribution in [3.8, 4) is 16.9 Å². The van der Waals surface area contributed by atoms with Crippen LogP contribution in [0.15, 0.2) is 42.7 Å². The van der Waals surface area contributed by atoms with Crippen LogP contribution < -0.4 is 0 Å². The van der Waals surface area contributed by atoms with Crippen LogP contribution in [-0.2, 0) is 9.47 Å². The van der Waals surface area contributed by atoms with Gasteiger partial charge < -0.3 is 14.4 Å². The lowest BCUT2D eigenvalue weighted by atomic mass is 9.99. The second-order valence-corrected chi connectivity index (χ2v) is 10.2. The number of ether oxygens (including phenoxy) is 2. The molecule has 4 heterocycles. The second kappa shape index (κ2) is 9.45. The molecular weight excluding hydrogens is 449 g/mol. The first-order chi connectivity index (χ1) is 16.8. The van der Waals surface area contributed by atoms with E-state index in [2.05, 4.69) is 5.10 Å². The zero-order chi connectivity index (χ0) is 24.6. The minimum atomic E-state index is -0.545. The second-order valence-electron chi connectivity index (χ2n) is 10.2. The van der Waals surface area contributed by atoms with Gasteiger partial charge in [0.1, 0.15) is 11.4 Å². The first-order valence-corrected chi connectivity index (χ1v) is 12.3. The van der Waals surface area contributed by atoms with Crippen LogP contribution in [0, 0.1) is 5.82 Å². The predicted octanol–water partition coefficient (Wildman–Crippen LogP) is 5.30. The lowest BCUT2D eigenvalue weighted by Gasteiger charge is -2.25. The van der Waals surface area contributed by atoms with Crippen molar-refractivity contribution in [2.45, 2.75) is 64.2 Å². The van der Waals surface area contributed by atoms with Gasteiger partial charge >= 0.3 is 6.09 Å². The molecule has 8 nitrogen and oxygen atoms in total. The summed E-state index contributed by atoms with van der Waals surface area (Å²) >= 11 is 0. The van der Waals surface area contributed by atoms with Crippen molar-refractivity contribution in [2.75, 3.05) is 19.7 Å². The molecule has 2 fully saturated rings. The molecule has 3 aromatic rings. The van der Waals surface area contributed by atoms with Crippen molar-refractivity contribution in [3.05, 3.63) is 54.2 Å². The van der Waals surface area contributed by atoms with Crippen LogP contribution in [0.25, 0.3) is 16.9 Å². The summed E-state index contributed by atoms with van der Waals surface area (Å²) in [6.45, 7) is 7.46. The fraction of sp³-hybridized carbons (Fsp3) is 0.500. The molecule has 0 radical (unpaired) electrons. The minimum Gasteiger partial charge on any atom is -0.444 e. The Morgan fingerprint density at radius 2 is 1.94 bits per heavy atom. The molecule has 2 aliphatic rings. The first kappa shape index (κ1) is 23.5. The molecule has 2 aliphatic heterocycles. The van der Waals surface area contributed by atoms with Gasteiger partial charge in [-0.05, 0) is 76.8 Å². The van der Waals surface area contributed by atoms with E-state index in [1.807, 2.05) is 37.7 Å². The number of hydrogen-bond acceptors (Lipinski definition) is 5. The van der Waals surface area contributed by atoms with Gasteiger partial charge in [-0.15, -0.1) is 0 Å². The number of halogens is 1. The molecule has 0 bridgehead atoms. The highest BCUT2D eigenvalue weighted by molar-refractivity contribution is 5.69. The van der Waals surface area contributed by atoms with Gasteiger partial charge in [0, 0.05) is 43.6 Å². The number of rotatable bonds is 4. The van der Waals surface area contributed by atoms with Crippen LogP contribution in [0.1, 0.15) is 64.3 Å². The number of hydrogen-bond donors (Lipinski definition) is 0. The quantitative estimate of drug-likeness (QED) is 0.506. The third-order valence-corrected chi connectivity index (χ3v) is 6.44. The van der Waals surface area contributed by atoms with Crippen molar-refractivity contribution < 1.29 is 18.7 Å². The van der Waals surface area contributed by atoms with E-state index in [-0.39, 0.29) is 24.1 Å². The minimum absolute atomic E-state index is 0.0369. The maximum atomic E-state index is 13.5. The standard InChI is InChI=1S/C26H32FN5O3/c1-26(2,3)35-25(33)30-14-12-18(16-30)24-21(17-31(29-24)20-9-7-19(27)8-10-20)22-11-13-28-32(22)23-6-4-5-15-34-23/h7-11,13,17-18,23H,4-6,12,14-16H2,1-3H3. The molecule has 2 atom stereocenters. The van der Waals surface area contributed by atoms with Crippen molar-refractivity contribution in [2.24, 2.45) is 0 Å². The van der Waals surface area contributed by atoms with Gasteiger partial charge in [-0.3, -0.25) is 0 Å². The Morgan fingerprint density at radius 1 is 1.14 bits per heavy atom. The van der Waals surface area contributed by atoms with Crippen LogP contribution in [0.4, 0.5) is 9.18 Å². The number of aromatic nitrogens is 4. The molecule has 1 amide bonds. The van der Waals surface area contributed by atoms with Gasteiger partial charge in [0.05, 0.1) is 17.1 Å². The zero-order valence-electron chi connectivity index (χ0n) is 20.5. The molecule has 35 heavy (non-hydrogen) atoms. The summed E-state index contributed by atoms with van der Waals surface area (Å²) in [6, 6.07) is 8.25. The van der Waals surface area contributed by atoms with E-state index in [4.69, 9.17) is 14.6 Å². The average Bonchev–Trinajstić information content (AvgIpc) is 3.57. The molecule has 0 spiro atoms.